The molecule has 2 rings (SSSR count). The third-order valence-electron chi connectivity index (χ3n) is 2.99. The van der Waals surface area contributed by atoms with E-state index in [1.165, 1.54) is 13.2 Å². The summed E-state index contributed by atoms with van der Waals surface area (Å²) in [5, 5.41) is 2.54. The summed E-state index contributed by atoms with van der Waals surface area (Å²) in [6.07, 6.45) is 0. The van der Waals surface area contributed by atoms with E-state index in [0.29, 0.717) is 16.5 Å². The van der Waals surface area contributed by atoms with Crippen molar-refractivity contribution in [1.29, 1.82) is 0 Å². The van der Waals surface area contributed by atoms with Crippen LogP contribution < -0.4 is 10.1 Å². The first-order valence-electron chi connectivity index (χ1n) is 6.67. The fraction of sp³-hybridized carbons (Fsp3) is 0.188. The molecule has 0 spiro atoms. The molecule has 2 aromatic carbocycles. The van der Waals surface area contributed by atoms with Gasteiger partial charge in [-0.05, 0) is 37.3 Å². The molecule has 1 atom stereocenters. The van der Waals surface area contributed by atoms with Crippen molar-refractivity contribution in [3.63, 3.8) is 0 Å². The number of carbonyl (C=O) groups is 1. The number of amides is 1. The Labute approximate surface area is 142 Å². The summed E-state index contributed by atoms with van der Waals surface area (Å²) in [5.41, 5.74) is 0.428. The number of anilines is 1. The summed E-state index contributed by atoms with van der Waals surface area (Å²) in [4.78, 5) is 12.4. The molecule has 0 aromatic heterocycles. The third-order valence-corrected chi connectivity index (χ3v) is 4.37. The van der Waals surface area contributed by atoms with E-state index < -0.39 is 16.9 Å². The van der Waals surface area contributed by atoms with Crippen LogP contribution in [0.25, 0.3) is 0 Å². The minimum Gasteiger partial charge on any atom is -0.495 e. The van der Waals surface area contributed by atoms with Crippen molar-refractivity contribution >= 4 is 35.0 Å². The van der Waals surface area contributed by atoms with Gasteiger partial charge in [-0.2, -0.15) is 0 Å². The van der Waals surface area contributed by atoms with Crippen molar-refractivity contribution in [2.75, 3.05) is 12.4 Å². The summed E-state index contributed by atoms with van der Waals surface area (Å²) in [6, 6.07) is 8.08. The standard InChI is InChI=1S/C16H14ClF2NO2S/c1-9(23-15-6-4-11(18)8-12(15)19)16(21)20-13-7-10(17)3-5-14(13)22-2/h3-9H,1-2H3,(H,20,21)/t9-/m0/s1. The van der Waals surface area contributed by atoms with Crippen LogP contribution in [-0.2, 0) is 4.79 Å². The number of ether oxygens (including phenoxy) is 1. The Balaban J connectivity index is 2.10. The Kier molecular flexibility index (Phi) is 5.85. The first-order valence-corrected chi connectivity index (χ1v) is 7.92. The molecule has 0 aliphatic carbocycles. The topological polar surface area (TPSA) is 38.3 Å². The van der Waals surface area contributed by atoms with E-state index in [4.69, 9.17) is 16.3 Å². The molecule has 0 aliphatic heterocycles. The fourth-order valence-electron chi connectivity index (χ4n) is 1.83. The van der Waals surface area contributed by atoms with Crippen LogP contribution in [0, 0.1) is 11.6 Å². The molecule has 0 bridgehead atoms. The molecule has 3 nitrogen and oxygen atoms in total. The predicted molar refractivity (Wildman–Crippen MR) is 88.3 cm³/mol. The van der Waals surface area contributed by atoms with Gasteiger partial charge in [0, 0.05) is 16.0 Å². The van der Waals surface area contributed by atoms with Gasteiger partial charge in [-0.3, -0.25) is 4.79 Å². The van der Waals surface area contributed by atoms with E-state index in [0.717, 1.165) is 23.9 Å². The van der Waals surface area contributed by atoms with Crippen LogP contribution in [-0.4, -0.2) is 18.3 Å². The van der Waals surface area contributed by atoms with Crippen LogP contribution in [0.4, 0.5) is 14.5 Å². The maximum absolute atomic E-state index is 13.6. The minimum absolute atomic E-state index is 0.201. The van der Waals surface area contributed by atoms with E-state index in [1.54, 1.807) is 25.1 Å². The molecule has 0 heterocycles. The van der Waals surface area contributed by atoms with Gasteiger partial charge >= 0.3 is 0 Å². The van der Waals surface area contributed by atoms with Crippen LogP contribution >= 0.6 is 23.4 Å². The molecular weight excluding hydrogens is 344 g/mol. The Bertz CT molecular complexity index is 727. The largest absolute Gasteiger partial charge is 0.495 e. The van der Waals surface area contributed by atoms with Gasteiger partial charge < -0.3 is 10.1 Å². The van der Waals surface area contributed by atoms with E-state index in [-0.39, 0.29) is 10.8 Å². The fourth-order valence-corrected chi connectivity index (χ4v) is 2.86. The molecule has 23 heavy (non-hydrogen) atoms. The lowest BCUT2D eigenvalue weighted by molar-refractivity contribution is -0.115. The van der Waals surface area contributed by atoms with Gasteiger partial charge in [0.15, 0.2) is 0 Å². The van der Waals surface area contributed by atoms with Gasteiger partial charge in [0.25, 0.3) is 0 Å². The summed E-state index contributed by atoms with van der Waals surface area (Å²) in [7, 11) is 1.48. The van der Waals surface area contributed by atoms with Crippen molar-refractivity contribution < 1.29 is 18.3 Å². The molecule has 0 saturated heterocycles. The third kappa shape index (κ3) is 4.59. The lowest BCUT2D eigenvalue weighted by Crippen LogP contribution is -2.22. The first-order chi connectivity index (χ1) is 10.9. The van der Waals surface area contributed by atoms with E-state index in [9.17, 15) is 13.6 Å². The average molecular weight is 358 g/mol. The zero-order chi connectivity index (χ0) is 17.0. The second-order valence-corrected chi connectivity index (χ2v) is 6.49. The smallest absolute Gasteiger partial charge is 0.237 e. The summed E-state index contributed by atoms with van der Waals surface area (Å²) in [6.45, 7) is 1.62. The molecule has 0 fully saturated rings. The van der Waals surface area contributed by atoms with Crippen molar-refractivity contribution in [2.24, 2.45) is 0 Å². The average Bonchev–Trinajstić information content (AvgIpc) is 2.50. The van der Waals surface area contributed by atoms with Crippen molar-refractivity contribution in [3.8, 4) is 5.75 Å². The SMILES string of the molecule is COc1ccc(Cl)cc1NC(=O)[C@H](C)Sc1ccc(F)cc1F. The van der Waals surface area contributed by atoms with Gasteiger partial charge in [0.05, 0.1) is 18.0 Å². The zero-order valence-electron chi connectivity index (χ0n) is 12.4. The van der Waals surface area contributed by atoms with E-state index in [2.05, 4.69) is 5.32 Å². The molecule has 0 saturated carbocycles. The molecule has 122 valence electrons. The molecule has 1 amide bonds. The highest BCUT2D eigenvalue weighted by atomic mass is 35.5. The van der Waals surface area contributed by atoms with E-state index >= 15 is 0 Å². The second kappa shape index (κ2) is 7.66. The van der Waals surface area contributed by atoms with Gasteiger partial charge in [0.2, 0.25) is 5.91 Å². The number of hydrogen-bond acceptors (Lipinski definition) is 3. The van der Waals surface area contributed by atoms with Crippen LogP contribution in [0.2, 0.25) is 5.02 Å². The molecule has 0 unspecified atom stereocenters. The molecule has 1 N–H and O–H groups in total. The van der Waals surface area contributed by atoms with Crippen LogP contribution in [0.3, 0.4) is 0 Å². The maximum atomic E-state index is 13.6. The normalized spacial score (nSPS) is 11.9. The lowest BCUT2D eigenvalue weighted by atomic mass is 10.3. The number of rotatable bonds is 5. The highest BCUT2D eigenvalue weighted by Crippen LogP contribution is 2.30. The lowest BCUT2D eigenvalue weighted by Gasteiger charge is -2.14. The molecule has 0 aliphatic rings. The van der Waals surface area contributed by atoms with Crippen molar-refractivity contribution in [3.05, 3.63) is 53.1 Å². The number of carbonyl (C=O) groups excluding carboxylic acids is 1. The zero-order valence-corrected chi connectivity index (χ0v) is 14.0. The van der Waals surface area contributed by atoms with Crippen LogP contribution in [0.15, 0.2) is 41.3 Å². The van der Waals surface area contributed by atoms with Gasteiger partial charge in [-0.1, -0.05) is 11.6 Å². The summed E-state index contributed by atoms with van der Waals surface area (Å²) < 4.78 is 31.7. The Morgan fingerprint density at radius 3 is 2.65 bits per heavy atom. The summed E-state index contributed by atoms with van der Waals surface area (Å²) >= 11 is 6.90. The second-order valence-electron chi connectivity index (χ2n) is 4.67. The molecule has 2 aromatic rings. The highest BCUT2D eigenvalue weighted by molar-refractivity contribution is 8.00. The predicted octanol–water partition coefficient (Wildman–Crippen LogP) is 4.75. The number of methoxy groups -OCH3 is 1. The molecule has 0 radical (unpaired) electrons. The first kappa shape index (κ1) is 17.6. The quantitative estimate of drug-likeness (QED) is 0.785. The number of hydrogen-bond donors (Lipinski definition) is 1. The maximum Gasteiger partial charge on any atom is 0.237 e. The highest BCUT2D eigenvalue weighted by Gasteiger charge is 2.18. The van der Waals surface area contributed by atoms with Gasteiger partial charge in [0.1, 0.15) is 17.4 Å². The van der Waals surface area contributed by atoms with Gasteiger partial charge in [-0.15, -0.1) is 11.8 Å². The Hall–Kier alpha value is -1.79. The number of nitrogens with one attached hydrogen (secondary N) is 1. The number of thioether (sulfide) groups is 1. The van der Waals surface area contributed by atoms with E-state index in [1.807, 2.05) is 0 Å². The van der Waals surface area contributed by atoms with Crippen LogP contribution in [0.1, 0.15) is 6.92 Å². The van der Waals surface area contributed by atoms with Gasteiger partial charge in [-0.25, -0.2) is 8.78 Å². The minimum atomic E-state index is -0.699. The Morgan fingerprint density at radius 2 is 2.00 bits per heavy atom. The number of benzene rings is 2. The monoisotopic (exact) mass is 357 g/mol. The Morgan fingerprint density at radius 1 is 1.26 bits per heavy atom. The number of halogens is 3. The molecule has 7 heteroatoms. The van der Waals surface area contributed by atoms with Crippen LogP contribution in [0.5, 0.6) is 5.75 Å². The van der Waals surface area contributed by atoms with Crippen molar-refractivity contribution in [1.82, 2.24) is 0 Å². The summed E-state index contributed by atoms with van der Waals surface area (Å²) in [5.74, 6) is -1.24. The molecular formula is C16H14ClF2NO2S. The van der Waals surface area contributed by atoms with Crippen molar-refractivity contribution in [2.45, 2.75) is 17.1 Å².